The summed E-state index contributed by atoms with van der Waals surface area (Å²) in [7, 11) is 0. The number of likely N-dealkylation sites (N-methyl/N-ethyl adjacent to an activating group) is 1. The lowest BCUT2D eigenvalue weighted by atomic mass is 10.1. The molecule has 0 aliphatic carbocycles. The molecule has 0 saturated heterocycles. The Kier molecular flexibility index (Phi) is 7.07. The van der Waals surface area contributed by atoms with Crippen LogP contribution in [0.1, 0.15) is 36.4 Å². The predicted octanol–water partition coefficient (Wildman–Crippen LogP) is 2.55. The first-order chi connectivity index (χ1) is 12.1. The largest absolute Gasteiger partial charge is 0.484 e. The molecule has 0 aliphatic heterocycles. The molecule has 0 radical (unpaired) electrons. The summed E-state index contributed by atoms with van der Waals surface area (Å²) in [4.78, 5) is 23.6. The molecule has 0 bridgehead atoms. The van der Waals surface area contributed by atoms with Crippen LogP contribution in [0.15, 0.2) is 47.1 Å². The van der Waals surface area contributed by atoms with Crippen molar-refractivity contribution in [1.29, 1.82) is 0 Å². The van der Waals surface area contributed by atoms with Gasteiger partial charge in [0.05, 0.1) is 6.26 Å². The lowest BCUT2D eigenvalue weighted by molar-refractivity contribution is -0.122. The number of aryl methyl sites for hydroxylation is 1. The number of benzene rings is 1. The van der Waals surface area contributed by atoms with E-state index in [9.17, 15) is 9.59 Å². The van der Waals surface area contributed by atoms with Gasteiger partial charge in [0.2, 0.25) is 0 Å². The minimum atomic E-state index is -0.172. The number of hydrogen-bond acceptors (Lipinski definition) is 4. The molecule has 1 aromatic carbocycles. The molecule has 25 heavy (non-hydrogen) atoms. The molecule has 2 amide bonds. The maximum absolute atomic E-state index is 12.2. The first-order valence-electron chi connectivity index (χ1n) is 8.41. The zero-order chi connectivity index (χ0) is 18.1. The van der Waals surface area contributed by atoms with E-state index in [0.29, 0.717) is 17.9 Å². The Labute approximate surface area is 147 Å². The highest BCUT2D eigenvalue weighted by molar-refractivity contribution is 5.94. The number of ether oxygens (including phenoxy) is 1. The molecule has 6 heteroatoms. The Hall–Kier alpha value is -2.76. The van der Waals surface area contributed by atoms with E-state index in [1.165, 1.54) is 0 Å². The first kappa shape index (κ1) is 18.6. The third kappa shape index (κ3) is 6.33. The van der Waals surface area contributed by atoms with Crippen molar-refractivity contribution < 1.29 is 18.7 Å². The Balaban J connectivity index is 1.78. The van der Waals surface area contributed by atoms with Crippen molar-refractivity contribution in [3.63, 3.8) is 0 Å². The van der Waals surface area contributed by atoms with Crippen LogP contribution >= 0.6 is 0 Å². The second-order valence-electron chi connectivity index (χ2n) is 5.76. The van der Waals surface area contributed by atoms with E-state index in [-0.39, 0.29) is 24.5 Å². The Morgan fingerprint density at radius 1 is 1.20 bits per heavy atom. The zero-order valence-electron chi connectivity index (χ0n) is 14.6. The van der Waals surface area contributed by atoms with E-state index >= 15 is 0 Å². The monoisotopic (exact) mass is 344 g/mol. The third-order valence-corrected chi connectivity index (χ3v) is 3.64. The van der Waals surface area contributed by atoms with Crippen molar-refractivity contribution in [2.75, 3.05) is 13.2 Å². The van der Waals surface area contributed by atoms with Gasteiger partial charge in [-0.05, 0) is 56.7 Å². The molecule has 0 spiro atoms. The van der Waals surface area contributed by atoms with Gasteiger partial charge in [-0.25, -0.2) is 0 Å². The lowest BCUT2D eigenvalue weighted by Crippen LogP contribution is -2.32. The third-order valence-electron chi connectivity index (χ3n) is 3.64. The van der Waals surface area contributed by atoms with Gasteiger partial charge in [-0.3, -0.25) is 9.59 Å². The summed E-state index contributed by atoms with van der Waals surface area (Å²) in [6.07, 6.45) is 3.22. The van der Waals surface area contributed by atoms with Gasteiger partial charge >= 0.3 is 0 Å². The van der Waals surface area contributed by atoms with Crippen molar-refractivity contribution >= 4 is 11.8 Å². The highest BCUT2D eigenvalue weighted by Crippen LogP contribution is 2.13. The first-order valence-corrected chi connectivity index (χ1v) is 8.41. The molecule has 0 unspecified atom stereocenters. The SMILES string of the molecule is CCNC(=O)COc1ccc(C(=O)N[C@@H](C)CCc2ccco2)cc1. The summed E-state index contributed by atoms with van der Waals surface area (Å²) in [6, 6.07) is 10.5. The Morgan fingerprint density at radius 2 is 1.96 bits per heavy atom. The van der Waals surface area contributed by atoms with Crippen molar-refractivity contribution in [1.82, 2.24) is 10.6 Å². The molecular formula is C19H24N2O4. The van der Waals surface area contributed by atoms with E-state index in [1.807, 2.05) is 26.0 Å². The molecule has 0 saturated carbocycles. The Morgan fingerprint density at radius 3 is 2.60 bits per heavy atom. The average molecular weight is 344 g/mol. The van der Waals surface area contributed by atoms with E-state index < -0.39 is 0 Å². The van der Waals surface area contributed by atoms with E-state index in [0.717, 1.165) is 18.6 Å². The van der Waals surface area contributed by atoms with Crippen molar-refractivity contribution in [2.24, 2.45) is 0 Å². The van der Waals surface area contributed by atoms with Crippen LogP contribution in [0.2, 0.25) is 0 Å². The number of rotatable bonds is 9. The van der Waals surface area contributed by atoms with Gasteiger partial charge in [0.15, 0.2) is 6.61 Å². The minimum Gasteiger partial charge on any atom is -0.484 e. The molecule has 2 aromatic rings. The molecule has 1 heterocycles. The molecule has 0 fully saturated rings. The quantitative estimate of drug-likeness (QED) is 0.732. The maximum atomic E-state index is 12.2. The van der Waals surface area contributed by atoms with Crippen LogP contribution in [0.3, 0.4) is 0 Å². The van der Waals surface area contributed by atoms with E-state index in [1.54, 1.807) is 30.5 Å². The molecule has 1 aromatic heterocycles. The second kappa shape index (κ2) is 9.52. The van der Waals surface area contributed by atoms with Crippen molar-refractivity contribution in [3.8, 4) is 5.75 Å². The fourth-order valence-corrected chi connectivity index (χ4v) is 2.29. The van der Waals surface area contributed by atoms with Gasteiger partial charge < -0.3 is 19.8 Å². The summed E-state index contributed by atoms with van der Waals surface area (Å²) in [5, 5.41) is 5.61. The summed E-state index contributed by atoms with van der Waals surface area (Å²) in [5.41, 5.74) is 0.551. The minimum absolute atomic E-state index is 0.0336. The normalized spacial score (nSPS) is 11.6. The summed E-state index contributed by atoms with van der Waals surface area (Å²) in [6.45, 7) is 4.34. The van der Waals surface area contributed by atoms with E-state index in [4.69, 9.17) is 9.15 Å². The van der Waals surface area contributed by atoms with Gasteiger partial charge in [-0.15, -0.1) is 0 Å². The van der Waals surface area contributed by atoms with Crippen LogP contribution in [-0.4, -0.2) is 31.0 Å². The van der Waals surface area contributed by atoms with Crippen LogP contribution in [0.4, 0.5) is 0 Å². The molecule has 2 N–H and O–H groups in total. The molecule has 134 valence electrons. The van der Waals surface area contributed by atoms with Crippen molar-refractivity contribution in [2.45, 2.75) is 32.7 Å². The molecular weight excluding hydrogens is 320 g/mol. The van der Waals surface area contributed by atoms with Gasteiger partial charge in [0.25, 0.3) is 11.8 Å². The van der Waals surface area contributed by atoms with Crippen LogP contribution < -0.4 is 15.4 Å². The molecule has 1 atom stereocenters. The summed E-state index contributed by atoms with van der Waals surface area (Å²) in [5.74, 6) is 1.15. The zero-order valence-corrected chi connectivity index (χ0v) is 14.6. The van der Waals surface area contributed by atoms with Crippen LogP contribution in [0, 0.1) is 0 Å². The fraction of sp³-hybridized carbons (Fsp3) is 0.368. The van der Waals surface area contributed by atoms with Gasteiger partial charge in [-0.1, -0.05) is 0 Å². The summed E-state index contributed by atoms with van der Waals surface area (Å²) >= 11 is 0. The van der Waals surface area contributed by atoms with Crippen LogP contribution in [0.5, 0.6) is 5.75 Å². The molecule has 6 nitrogen and oxygen atoms in total. The number of furan rings is 1. The van der Waals surface area contributed by atoms with Gasteiger partial charge in [0, 0.05) is 24.6 Å². The van der Waals surface area contributed by atoms with Gasteiger partial charge in [-0.2, -0.15) is 0 Å². The van der Waals surface area contributed by atoms with Crippen LogP contribution in [-0.2, 0) is 11.2 Å². The van der Waals surface area contributed by atoms with E-state index in [2.05, 4.69) is 10.6 Å². The highest BCUT2D eigenvalue weighted by Gasteiger charge is 2.11. The lowest BCUT2D eigenvalue weighted by Gasteiger charge is -2.13. The fourth-order valence-electron chi connectivity index (χ4n) is 2.29. The van der Waals surface area contributed by atoms with Crippen molar-refractivity contribution in [3.05, 3.63) is 54.0 Å². The number of carbonyl (C=O) groups excluding carboxylic acids is 2. The van der Waals surface area contributed by atoms with Crippen LogP contribution in [0.25, 0.3) is 0 Å². The number of hydrogen-bond donors (Lipinski definition) is 2. The maximum Gasteiger partial charge on any atom is 0.257 e. The topological polar surface area (TPSA) is 80.6 Å². The van der Waals surface area contributed by atoms with Gasteiger partial charge in [0.1, 0.15) is 11.5 Å². The predicted molar refractivity (Wildman–Crippen MR) is 94.6 cm³/mol. The molecule has 2 rings (SSSR count). The number of amides is 2. The number of nitrogens with one attached hydrogen (secondary N) is 2. The second-order valence-corrected chi connectivity index (χ2v) is 5.76. The molecule has 0 aliphatic rings. The summed E-state index contributed by atoms with van der Waals surface area (Å²) < 4.78 is 10.6. The average Bonchev–Trinajstić information content (AvgIpc) is 3.12. The Bertz CT molecular complexity index is 665. The standard InChI is InChI=1S/C19H24N2O4/c1-3-20-18(22)13-25-17-10-7-15(8-11-17)19(23)21-14(2)6-9-16-5-4-12-24-16/h4-5,7-8,10-12,14H,3,6,9,13H2,1-2H3,(H,20,22)(H,21,23)/t14-/m0/s1. The highest BCUT2D eigenvalue weighted by atomic mass is 16.5. The number of carbonyl (C=O) groups is 2. The smallest absolute Gasteiger partial charge is 0.257 e.